The first kappa shape index (κ1) is 19.0. The van der Waals surface area contributed by atoms with E-state index in [-0.39, 0.29) is 10.7 Å². The van der Waals surface area contributed by atoms with E-state index in [1.807, 2.05) is 0 Å². The summed E-state index contributed by atoms with van der Waals surface area (Å²) in [7, 11) is 1.52. The molecule has 1 aliphatic rings. The predicted molar refractivity (Wildman–Crippen MR) is 103 cm³/mol. The van der Waals surface area contributed by atoms with Crippen LogP contribution in [-0.4, -0.2) is 23.4 Å². The second kappa shape index (κ2) is 6.90. The highest BCUT2D eigenvalue weighted by atomic mass is 35.5. The lowest BCUT2D eigenvalue weighted by molar-refractivity contribution is -0.137. The number of hydrogen-bond acceptors (Lipinski definition) is 3. The zero-order chi connectivity index (χ0) is 20.1. The van der Waals surface area contributed by atoms with Crippen molar-refractivity contribution in [3.05, 3.63) is 57.6 Å². The first-order valence-electron chi connectivity index (χ1n) is 8.36. The van der Waals surface area contributed by atoms with E-state index in [1.54, 1.807) is 18.2 Å². The number of benzene rings is 2. The summed E-state index contributed by atoms with van der Waals surface area (Å²) in [6, 6.07) is 8.71. The average molecular weight is 428 g/mol. The zero-order valence-electron chi connectivity index (χ0n) is 14.6. The van der Waals surface area contributed by atoms with Crippen LogP contribution in [0.25, 0.3) is 16.9 Å². The minimum absolute atomic E-state index is 0.00423. The van der Waals surface area contributed by atoms with Crippen molar-refractivity contribution < 1.29 is 17.9 Å². The molecule has 0 saturated carbocycles. The van der Waals surface area contributed by atoms with E-state index in [0.29, 0.717) is 40.8 Å². The highest BCUT2D eigenvalue weighted by Crippen LogP contribution is 2.42. The summed E-state index contributed by atoms with van der Waals surface area (Å²) in [5.74, 6) is 1.06. The minimum atomic E-state index is -4.58. The lowest BCUT2D eigenvalue weighted by Crippen LogP contribution is -2.13. The highest BCUT2D eigenvalue weighted by molar-refractivity contribution is 6.31. The van der Waals surface area contributed by atoms with Crippen molar-refractivity contribution in [3.63, 3.8) is 0 Å². The number of ether oxygens (including phenoxy) is 1. The first-order valence-corrected chi connectivity index (χ1v) is 9.12. The van der Waals surface area contributed by atoms with Gasteiger partial charge in [0.1, 0.15) is 17.3 Å². The third-order valence-electron chi connectivity index (χ3n) is 4.56. The SMILES string of the molecule is COc1ccc(Cl)cc1-c1nn(-c2ccc(Cl)cc2C(F)(F)F)c2c1CCN2. The molecule has 1 aliphatic heterocycles. The maximum absolute atomic E-state index is 13.6. The molecule has 4 nitrogen and oxygen atoms in total. The number of halogens is 5. The van der Waals surface area contributed by atoms with Gasteiger partial charge in [0.25, 0.3) is 0 Å². The highest BCUT2D eigenvalue weighted by Gasteiger charge is 2.36. The number of alkyl halides is 3. The summed E-state index contributed by atoms with van der Waals surface area (Å²) in [6.45, 7) is 0.595. The summed E-state index contributed by atoms with van der Waals surface area (Å²) in [6.07, 6.45) is -3.96. The van der Waals surface area contributed by atoms with Crippen molar-refractivity contribution in [1.29, 1.82) is 0 Å². The maximum atomic E-state index is 13.6. The van der Waals surface area contributed by atoms with Crippen molar-refractivity contribution in [2.45, 2.75) is 12.6 Å². The zero-order valence-corrected chi connectivity index (χ0v) is 16.1. The third kappa shape index (κ3) is 3.18. The molecule has 0 bridgehead atoms. The Morgan fingerprint density at radius 2 is 1.82 bits per heavy atom. The van der Waals surface area contributed by atoms with Gasteiger partial charge in [-0.1, -0.05) is 23.2 Å². The molecule has 28 heavy (non-hydrogen) atoms. The van der Waals surface area contributed by atoms with Crippen LogP contribution in [0.3, 0.4) is 0 Å². The van der Waals surface area contributed by atoms with Crippen molar-refractivity contribution in [1.82, 2.24) is 9.78 Å². The van der Waals surface area contributed by atoms with E-state index in [4.69, 9.17) is 27.9 Å². The van der Waals surface area contributed by atoms with E-state index in [9.17, 15) is 13.2 Å². The maximum Gasteiger partial charge on any atom is 0.418 e. The molecule has 0 unspecified atom stereocenters. The monoisotopic (exact) mass is 427 g/mol. The smallest absolute Gasteiger partial charge is 0.418 e. The van der Waals surface area contributed by atoms with Gasteiger partial charge < -0.3 is 10.1 Å². The molecule has 2 heterocycles. The van der Waals surface area contributed by atoms with Gasteiger partial charge in [-0.3, -0.25) is 0 Å². The van der Waals surface area contributed by atoms with Gasteiger partial charge in [0.05, 0.1) is 18.4 Å². The van der Waals surface area contributed by atoms with Crippen LogP contribution in [0.1, 0.15) is 11.1 Å². The molecule has 0 saturated heterocycles. The summed E-state index contributed by atoms with van der Waals surface area (Å²) in [4.78, 5) is 0. The average Bonchev–Trinajstić information content (AvgIpc) is 3.23. The molecular weight excluding hydrogens is 414 g/mol. The van der Waals surface area contributed by atoms with Crippen LogP contribution in [0.4, 0.5) is 19.0 Å². The molecule has 146 valence electrons. The van der Waals surface area contributed by atoms with E-state index in [1.165, 1.54) is 23.9 Å². The molecule has 0 aliphatic carbocycles. The Kier molecular flexibility index (Phi) is 4.67. The number of methoxy groups -OCH3 is 1. The molecule has 0 fully saturated rings. The molecular formula is C19H14Cl2F3N3O. The number of nitrogens with zero attached hydrogens (tertiary/aromatic N) is 2. The number of nitrogens with one attached hydrogen (secondary N) is 1. The van der Waals surface area contributed by atoms with Crippen LogP contribution in [0.15, 0.2) is 36.4 Å². The predicted octanol–water partition coefficient (Wildman–Crippen LogP) is 5.84. The normalized spacial score (nSPS) is 13.4. The van der Waals surface area contributed by atoms with E-state index in [2.05, 4.69) is 10.4 Å². The van der Waals surface area contributed by atoms with Crippen LogP contribution in [0, 0.1) is 0 Å². The Labute approximate surface area is 168 Å². The third-order valence-corrected chi connectivity index (χ3v) is 5.03. The van der Waals surface area contributed by atoms with Gasteiger partial charge >= 0.3 is 6.18 Å². The fourth-order valence-corrected chi connectivity index (χ4v) is 3.69. The van der Waals surface area contributed by atoms with E-state index >= 15 is 0 Å². The van der Waals surface area contributed by atoms with Gasteiger partial charge in [0.15, 0.2) is 0 Å². The van der Waals surface area contributed by atoms with E-state index in [0.717, 1.165) is 11.6 Å². The number of aromatic nitrogens is 2. The number of hydrogen-bond donors (Lipinski definition) is 1. The van der Waals surface area contributed by atoms with Crippen LogP contribution >= 0.6 is 23.2 Å². The summed E-state index contributed by atoms with van der Waals surface area (Å²) in [5, 5.41) is 8.11. The Morgan fingerprint density at radius 1 is 1.11 bits per heavy atom. The van der Waals surface area contributed by atoms with Gasteiger partial charge in [-0.05, 0) is 42.8 Å². The summed E-state index contributed by atoms with van der Waals surface area (Å²) < 4.78 is 47.5. The van der Waals surface area contributed by atoms with E-state index < -0.39 is 11.7 Å². The molecule has 2 aromatic carbocycles. The molecule has 1 N–H and O–H groups in total. The first-order chi connectivity index (χ1) is 13.3. The largest absolute Gasteiger partial charge is 0.496 e. The lowest BCUT2D eigenvalue weighted by Gasteiger charge is -2.15. The van der Waals surface area contributed by atoms with Crippen LogP contribution < -0.4 is 10.1 Å². The molecule has 4 rings (SSSR count). The van der Waals surface area contributed by atoms with Crippen molar-refractivity contribution in [3.8, 4) is 22.7 Å². The minimum Gasteiger partial charge on any atom is -0.496 e. The second-order valence-electron chi connectivity index (χ2n) is 6.27. The fraction of sp³-hybridized carbons (Fsp3) is 0.211. The number of anilines is 1. The topological polar surface area (TPSA) is 39.1 Å². The second-order valence-corrected chi connectivity index (χ2v) is 7.14. The Balaban J connectivity index is 1.97. The van der Waals surface area contributed by atoms with Gasteiger partial charge in [0, 0.05) is 27.7 Å². The Hall–Kier alpha value is -2.38. The van der Waals surface area contributed by atoms with Gasteiger partial charge in [-0.25, -0.2) is 4.68 Å². The standard InChI is InChI=1S/C19H14Cl2F3N3O/c1-28-16-5-3-10(20)8-13(16)17-12-6-7-25-18(12)27(26-17)15-4-2-11(21)9-14(15)19(22,23)24/h2-5,8-9,25H,6-7H2,1H3. The number of fused-ring (bicyclic) bond motifs is 1. The number of rotatable bonds is 3. The van der Waals surface area contributed by atoms with Crippen molar-refractivity contribution in [2.24, 2.45) is 0 Å². The van der Waals surface area contributed by atoms with Crippen LogP contribution in [0.5, 0.6) is 5.75 Å². The molecule has 9 heteroatoms. The fourth-order valence-electron chi connectivity index (χ4n) is 3.35. The molecule has 0 radical (unpaired) electrons. The van der Waals surface area contributed by atoms with Crippen molar-refractivity contribution >= 4 is 29.0 Å². The lowest BCUT2D eigenvalue weighted by atomic mass is 10.1. The van der Waals surface area contributed by atoms with Gasteiger partial charge in [-0.2, -0.15) is 18.3 Å². The summed E-state index contributed by atoms with van der Waals surface area (Å²) >= 11 is 11.9. The van der Waals surface area contributed by atoms with Crippen molar-refractivity contribution in [2.75, 3.05) is 19.0 Å². The molecule has 0 spiro atoms. The van der Waals surface area contributed by atoms with Gasteiger partial charge in [0.2, 0.25) is 0 Å². The molecule has 0 amide bonds. The quantitative estimate of drug-likeness (QED) is 0.570. The molecule has 0 atom stereocenters. The van der Waals surface area contributed by atoms with Crippen LogP contribution in [0.2, 0.25) is 10.0 Å². The van der Waals surface area contributed by atoms with Gasteiger partial charge in [-0.15, -0.1) is 0 Å². The molecule has 1 aromatic heterocycles. The Morgan fingerprint density at radius 3 is 2.54 bits per heavy atom. The van der Waals surface area contributed by atoms with Crippen LogP contribution in [-0.2, 0) is 12.6 Å². The molecule has 3 aromatic rings. The Bertz CT molecular complexity index is 1060. The summed E-state index contributed by atoms with van der Waals surface area (Å²) in [5.41, 5.74) is 1.00.